The number of hydrogen-bond donors (Lipinski definition) is 2. The van der Waals surface area contributed by atoms with E-state index in [1.54, 1.807) is 7.05 Å². The van der Waals surface area contributed by atoms with E-state index in [2.05, 4.69) is 10.6 Å². The van der Waals surface area contributed by atoms with Crippen molar-refractivity contribution in [2.75, 3.05) is 7.05 Å². The van der Waals surface area contributed by atoms with Crippen LogP contribution in [0.25, 0.3) is 0 Å². The normalized spacial score (nSPS) is 14.3. The maximum absolute atomic E-state index is 11.6. The highest BCUT2D eigenvalue weighted by atomic mass is 16.2. The van der Waals surface area contributed by atoms with E-state index in [9.17, 15) is 4.79 Å². The number of nitrogens with one attached hydrogen (secondary N) is 2. The number of carbonyl (C=O) groups is 1. The number of hydrogen-bond acceptors (Lipinski definition) is 2. The van der Waals surface area contributed by atoms with Gasteiger partial charge in [-0.3, -0.25) is 4.79 Å². The summed E-state index contributed by atoms with van der Waals surface area (Å²) in [6, 6.07) is 9.82. The van der Waals surface area contributed by atoms with Gasteiger partial charge in [-0.1, -0.05) is 30.3 Å². The van der Waals surface area contributed by atoms with E-state index >= 15 is 0 Å². The average molecular weight is 206 g/mol. The van der Waals surface area contributed by atoms with E-state index in [-0.39, 0.29) is 18.0 Å². The minimum Gasteiger partial charge on any atom is -0.348 e. The number of rotatable bonds is 4. The Bertz CT molecular complexity index is 311. The van der Waals surface area contributed by atoms with E-state index < -0.39 is 0 Å². The predicted octanol–water partition coefficient (Wildman–Crippen LogP) is 1.47. The van der Waals surface area contributed by atoms with Crippen LogP contribution in [0.5, 0.6) is 0 Å². The SMILES string of the molecule is CN[C@@H](C)C(=O)N[C@@H](C)c1ccccc1. The van der Waals surface area contributed by atoms with Gasteiger partial charge in [0, 0.05) is 0 Å². The van der Waals surface area contributed by atoms with Crippen molar-refractivity contribution in [1.82, 2.24) is 10.6 Å². The molecule has 0 aliphatic rings. The summed E-state index contributed by atoms with van der Waals surface area (Å²) in [4.78, 5) is 11.6. The summed E-state index contributed by atoms with van der Waals surface area (Å²) in [7, 11) is 1.78. The smallest absolute Gasteiger partial charge is 0.237 e. The molecule has 0 spiro atoms. The highest BCUT2D eigenvalue weighted by Crippen LogP contribution is 2.10. The molecule has 1 aromatic carbocycles. The van der Waals surface area contributed by atoms with Gasteiger partial charge < -0.3 is 10.6 Å². The van der Waals surface area contributed by atoms with Crippen LogP contribution in [-0.2, 0) is 4.79 Å². The molecule has 0 aliphatic heterocycles. The minimum atomic E-state index is -0.156. The predicted molar refractivity (Wildman–Crippen MR) is 61.5 cm³/mol. The lowest BCUT2D eigenvalue weighted by Crippen LogP contribution is -2.41. The molecule has 0 aliphatic carbocycles. The summed E-state index contributed by atoms with van der Waals surface area (Å²) in [5, 5.41) is 5.85. The maximum Gasteiger partial charge on any atom is 0.237 e. The maximum atomic E-state index is 11.6. The summed E-state index contributed by atoms with van der Waals surface area (Å²) in [6.45, 7) is 3.82. The molecule has 0 saturated heterocycles. The standard InChI is InChI=1S/C12H18N2O/c1-9(11-7-5-4-6-8-11)14-12(15)10(2)13-3/h4-10,13H,1-3H3,(H,14,15)/t9-,10-/m0/s1. The lowest BCUT2D eigenvalue weighted by molar-refractivity contribution is -0.123. The van der Waals surface area contributed by atoms with Gasteiger partial charge in [0.2, 0.25) is 5.91 Å². The molecule has 82 valence electrons. The molecule has 3 nitrogen and oxygen atoms in total. The molecule has 1 amide bonds. The van der Waals surface area contributed by atoms with Crippen LogP contribution in [0.15, 0.2) is 30.3 Å². The van der Waals surface area contributed by atoms with Crippen molar-refractivity contribution in [2.24, 2.45) is 0 Å². The molecule has 2 atom stereocenters. The van der Waals surface area contributed by atoms with Crippen molar-refractivity contribution < 1.29 is 4.79 Å². The van der Waals surface area contributed by atoms with Crippen LogP contribution in [0.1, 0.15) is 25.5 Å². The van der Waals surface area contributed by atoms with E-state index in [0.29, 0.717) is 0 Å². The molecule has 0 radical (unpaired) electrons. The Morgan fingerprint density at radius 1 is 1.20 bits per heavy atom. The quantitative estimate of drug-likeness (QED) is 0.783. The molecule has 0 bridgehead atoms. The third-order valence-corrected chi connectivity index (χ3v) is 2.48. The van der Waals surface area contributed by atoms with Gasteiger partial charge in [0.15, 0.2) is 0 Å². The molecule has 3 heteroatoms. The van der Waals surface area contributed by atoms with Crippen LogP contribution >= 0.6 is 0 Å². The fraction of sp³-hybridized carbons (Fsp3) is 0.417. The molecular weight excluding hydrogens is 188 g/mol. The van der Waals surface area contributed by atoms with Crippen molar-refractivity contribution >= 4 is 5.91 Å². The monoisotopic (exact) mass is 206 g/mol. The van der Waals surface area contributed by atoms with Crippen LogP contribution < -0.4 is 10.6 Å². The van der Waals surface area contributed by atoms with Crippen molar-refractivity contribution in [3.8, 4) is 0 Å². The first-order valence-electron chi connectivity index (χ1n) is 5.17. The van der Waals surface area contributed by atoms with Crippen LogP contribution in [0.4, 0.5) is 0 Å². The number of amides is 1. The number of carbonyl (C=O) groups excluding carboxylic acids is 1. The van der Waals surface area contributed by atoms with Gasteiger partial charge in [-0.2, -0.15) is 0 Å². The first-order valence-corrected chi connectivity index (χ1v) is 5.17. The molecular formula is C12H18N2O. The molecule has 15 heavy (non-hydrogen) atoms. The van der Waals surface area contributed by atoms with Crippen LogP contribution in [0.2, 0.25) is 0 Å². The molecule has 1 rings (SSSR count). The van der Waals surface area contributed by atoms with Crippen LogP contribution in [0.3, 0.4) is 0 Å². The first kappa shape index (κ1) is 11.7. The zero-order valence-corrected chi connectivity index (χ0v) is 9.45. The largest absolute Gasteiger partial charge is 0.348 e. The van der Waals surface area contributed by atoms with Gasteiger partial charge in [-0.15, -0.1) is 0 Å². The fourth-order valence-electron chi connectivity index (χ4n) is 1.29. The lowest BCUT2D eigenvalue weighted by atomic mass is 10.1. The molecule has 0 heterocycles. The summed E-state index contributed by atoms with van der Waals surface area (Å²) < 4.78 is 0. The van der Waals surface area contributed by atoms with Gasteiger partial charge in [-0.25, -0.2) is 0 Å². The van der Waals surface area contributed by atoms with E-state index in [4.69, 9.17) is 0 Å². The molecule has 0 aromatic heterocycles. The van der Waals surface area contributed by atoms with E-state index in [0.717, 1.165) is 5.56 Å². The van der Waals surface area contributed by atoms with Crippen LogP contribution in [-0.4, -0.2) is 19.0 Å². The minimum absolute atomic E-state index is 0.0221. The van der Waals surface area contributed by atoms with Crippen molar-refractivity contribution in [2.45, 2.75) is 25.9 Å². The second kappa shape index (κ2) is 5.51. The number of benzene rings is 1. The van der Waals surface area contributed by atoms with Gasteiger partial charge in [-0.05, 0) is 26.5 Å². The molecule has 1 aromatic rings. The highest BCUT2D eigenvalue weighted by Gasteiger charge is 2.13. The summed E-state index contributed by atoms with van der Waals surface area (Å²) in [5.41, 5.74) is 1.12. The second-order valence-corrected chi connectivity index (χ2v) is 3.65. The summed E-state index contributed by atoms with van der Waals surface area (Å²) >= 11 is 0. The Labute approximate surface area is 90.9 Å². The Balaban J connectivity index is 2.56. The molecule has 0 saturated carbocycles. The van der Waals surface area contributed by atoms with Gasteiger partial charge >= 0.3 is 0 Å². The summed E-state index contributed by atoms with van der Waals surface area (Å²) in [5.74, 6) is 0.0221. The van der Waals surface area contributed by atoms with Crippen molar-refractivity contribution in [3.63, 3.8) is 0 Å². The van der Waals surface area contributed by atoms with Crippen molar-refractivity contribution in [3.05, 3.63) is 35.9 Å². The zero-order chi connectivity index (χ0) is 11.3. The topological polar surface area (TPSA) is 41.1 Å². The fourth-order valence-corrected chi connectivity index (χ4v) is 1.29. The lowest BCUT2D eigenvalue weighted by Gasteiger charge is -2.17. The van der Waals surface area contributed by atoms with Gasteiger partial charge in [0.05, 0.1) is 12.1 Å². The van der Waals surface area contributed by atoms with E-state index in [1.165, 1.54) is 0 Å². The Morgan fingerprint density at radius 3 is 2.33 bits per heavy atom. The Hall–Kier alpha value is -1.35. The van der Waals surface area contributed by atoms with E-state index in [1.807, 2.05) is 44.2 Å². The molecule has 2 N–H and O–H groups in total. The highest BCUT2D eigenvalue weighted by molar-refractivity contribution is 5.81. The Kier molecular flexibility index (Phi) is 4.31. The van der Waals surface area contributed by atoms with Crippen LogP contribution in [0, 0.1) is 0 Å². The van der Waals surface area contributed by atoms with Crippen molar-refractivity contribution in [1.29, 1.82) is 0 Å². The second-order valence-electron chi connectivity index (χ2n) is 3.65. The molecule has 0 fully saturated rings. The number of likely N-dealkylation sites (N-methyl/N-ethyl adjacent to an activating group) is 1. The van der Waals surface area contributed by atoms with Gasteiger partial charge in [0.1, 0.15) is 0 Å². The molecule has 0 unspecified atom stereocenters. The van der Waals surface area contributed by atoms with Gasteiger partial charge in [0.25, 0.3) is 0 Å². The third kappa shape index (κ3) is 3.36. The first-order chi connectivity index (χ1) is 7.15. The Morgan fingerprint density at radius 2 is 1.80 bits per heavy atom. The average Bonchev–Trinajstić information content (AvgIpc) is 2.29. The third-order valence-electron chi connectivity index (χ3n) is 2.48. The zero-order valence-electron chi connectivity index (χ0n) is 9.45. The summed E-state index contributed by atoms with van der Waals surface area (Å²) in [6.07, 6.45) is 0.